The zero-order chi connectivity index (χ0) is 19.0. The van der Waals surface area contributed by atoms with Gasteiger partial charge in [0.1, 0.15) is 11.6 Å². The summed E-state index contributed by atoms with van der Waals surface area (Å²) in [6, 6.07) is 6.88. The first-order chi connectivity index (χ1) is 13.0. The number of anilines is 2. The van der Waals surface area contributed by atoms with E-state index in [1.165, 1.54) is 12.1 Å². The summed E-state index contributed by atoms with van der Waals surface area (Å²) in [5.41, 5.74) is 2.59. The lowest BCUT2D eigenvalue weighted by Gasteiger charge is -2.13. The Morgan fingerprint density at radius 3 is 2.56 bits per heavy atom. The van der Waals surface area contributed by atoms with Gasteiger partial charge in [-0.1, -0.05) is 12.1 Å². The third-order valence-electron chi connectivity index (χ3n) is 4.02. The van der Waals surface area contributed by atoms with Crippen LogP contribution in [0.25, 0.3) is 22.5 Å². The Bertz CT molecular complexity index is 1120. The van der Waals surface area contributed by atoms with Crippen molar-refractivity contribution in [1.82, 2.24) is 20.1 Å². The summed E-state index contributed by atoms with van der Waals surface area (Å²) in [6.45, 7) is 3.77. The molecule has 0 amide bonds. The lowest BCUT2D eigenvalue weighted by molar-refractivity contribution is 0.423. The molecule has 3 aromatic heterocycles. The van der Waals surface area contributed by atoms with Crippen LogP contribution in [-0.2, 0) is 6.42 Å². The summed E-state index contributed by atoms with van der Waals surface area (Å²) in [5, 5.41) is 7.62. The number of hydrogen-bond acceptors (Lipinski definition) is 6. The molecule has 0 atom stereocenters. The largest absolute Gasteiger partial charge is 0.354 e. The Morgan fingerprint density at radius 2 is 1.85 bits per heavy atom. The van der Waals surface area contributed by atoms with Crippen molar-refractivity contribution in [2.24, 2.45) is 0 Å². The average Bonchev–Trinajstić information content (AvgIpc) is 3.10. The maximum Gasteiger partial charge on any atom is 0.261 e. The fourth-order valence-corrected chi connectivity index (χ4v) is 2.75. The van der Waals surface area contributed by atoms with Crippen molar-refractivity contribution in [2.75, 3.05) is 5.32 Å². The van der Waals surface area contributed by atoms with E-state index in [1.54, 1.807) is 6.20 Å². The van der Waals surface area contributed by atoms with Gasteiger partial charge >= 0.3 is 0 Å². The van der Waals surface area contributed by atoms with Gasteiger partial charge in [0.15, 0.2) is 11.5 Å². The molecule has 0 aliphatic rings. The van der Waals surface area contributed by atoms with Crippen LogP contribution in [0.15, 0.2) is 41.1 Å². The summed E-state index contributed by atoms with van der Waals surface area (Å²) in [5.74, 6) is -0.550. The van der Waals surface area contributed by atoms with Crippen LogP contribution >= 0.6 is 0 Å². The second kappa shape index (κ2) is 6.71. The molecule has 0 bridgehead atoms. The van der Waals surface area contributed by atoms with E-state index in [4.69, 9.17) is 4.52 Å². The fourth-order valence-electron chi connectivity index (χ4n) is 2.75. The molecule has 0 fully saturated rings. The number of halogens is 2. The van der Waals surface area contributed by atoms with Crippen LogP contribution in [0.2, 0.25) is 0 Å². The SMILES string of the molecule is CCc1noc(-c2cnc3nc(C)ccc3c2Nc2cc(F)cc(F)c2)n1. The first kappa shape index (κ1) is 17.0. The van der Waals surface area contributed by atoms with E-state index in [9.17, 15) is 8.78 Å². The minimum atomic E-state index is -0.683. The van der Waals surface area contributed by atoms with Gasteiger partial charge in [-0.05, 0) is 31.2 Å². The second-order valence-electron chi connectivity index (χ2n) is 6.02. The van der Waals surface area contributed by atoms with E-state index in [1.807, 2.05) is 26.0 Å². The third kappa shape index (κ3) is 3.33. The molecule has 0 saturated carbocycles. The van der Waals surface area contributed by atoms with Gasteiger partial charge in [-0.15, -0.1) is 0 Å². The molecule has 4 rings (SSSR count). The monoisotopic (exact) mass is 367 g/mol. The zero-order valence-electron chi connectivity index (χ0n) is 14.6. The van der Waals surface area contributed by atoms with Crippen molar-refractivity contribution < 1.29 is 13.3 Å². The fraction of sp³-hybridized carbons (Fsp3) is 0.158. The summed E-state index contributed by atoms with van der Waals surface area (Å²) in [7, 11) is 0. The van der Waals surface area contributed by atoms with Gasteiger partial charge in [-0.25, -0.2) is 18.7 Å². The molecule has 0 unspecified atom stereocenters. The normalized spacial score (nSPS) is 11.1. The van der Waals surface area contributed by atoms with Crippen LogP contribution in [0.3, 0.4) is 0 Å². The predicted octanol–water partition coefficient (Wildman–Crippen LogP) is 4.57. The number of pyridine rings is 2. The average molecular weight is 367 g/mol. The van der Waals surface area contributed by atoms with Gasteiger partial charge in [-0.3, -0.25) is 0 Å². The standard InChI is InChI=1S/C19H15F2N5O/c1-3-16-25-19(27-26-16)15-9-22-18-14(5-4-10(2)23-18)17(15)24-13-7-11(20)6-12(21)8-13/h4-9H,3H2,1-2H3,(H,22,23,24). The molecule has 1 N–H and O–H groups in total. The van der Waals surface area contributed by atoms with Crippen molar-refractivity contribution >= 4 is 22.4 Å². The molecule has 136 valence electrons. The molecular formula is C19H15F2N5O. The Kier molecular flexibility index (Phi) is 4.23. The number of benzene rings is 1. The number of hydrogen-bond donors (Lipinski definition) is 1. The quantitative estimate of drug-likeness (QED) is 0.569. The predicted molar refractivity (Wildman–Crippen MR) is 96.6 cm³/mol. The van der Waals surface area contributed by atoms with Crippen LogP contribution in [0.4, 0.5) is 20.2 Å². The van der Waals surface area contributed by atoms with Crippen LogP contribution in [0, 0.1) is 18.6 Å². The summed E-state index contributed by atoms with van der Waals surface area (Å²) in [6.07, 6.45) is 2.17. The van der Waals surface area contributed by atoms with Crippen molar-refractivity contribution in [3.8, 4) is 11.5 Å². The maximum absolute atomic E-state index is 13.6. The molecule has 0 aliphatic carbocycles. The van der Waals surface area contributed by atoms with Gasteiger partial charge in [0.25, 0.3) is 5.89 Å². The van der Waals surface area contributed by atoms with E-state index in [2.05, 4.69) is 25.4 Å². The van der Waals surface area contributed by atoms with Crippen LogP contribution in [-0.4, -0.2) is 20.1 Å². The van der Waals surface area contributed by atoms with E-state index in [-0.39, 0.29) is 11.6 Å². The highest BCUT2D eigenvalue weighted by Gasteiger charge is 2.18. The molecule has 0 spiro atoms. The van der Waals surface area contributed by atoms with Gasteiger partial charge in [0.2, 0.25) is 0 Å². The first-order valence-corrected chi connectivity index (χ1v) is 8.36. The second-order valence-corrected chi connectivity index (χ2v) is 6.02. The highest BCUT2D eigenvalue weighted by atomic mass is 19.1. The Hall–Kier alpha value is -3.42. The number of nitrogens with zero attached hydrogens (tertiary/aromatic N) is 4. The molecule has 8 heteroatoms. The van der Waals surface area contributed by atoms with Crippen molar-refractivity contribution in [2.45, 2.75) is 20.3 Å². The smallest absolute Gasteiger partial charge is 0.261 e. The van der Waals surface area contributed by atoms with Crippen molar-refractivity contribution in [3.63, 3.8) is 0 Å². The molecule has 1 aromatic carbocycles. The summed E-state index contributed by atoms with van der Waals surface area (Å²) in [4.78, 5) is 13.1. The molecule has 0 aliphatic heterocycles. The van der Waals surface area contributed by atoms with Crippen molar-refractivity contribution in [1.29, 1.82) is 0 Å². The number of aromatic nitrogens is 4. The topological polar surface area (TPSA) is 76.7 Å². The minimum absolute atomic E-state index is 0.247. The first-order valence-electron chi connectivity index (χ1n) is 8.36. The molecule has 4 aromatic rings. The number of fused-ring (bicyclic) bond motifs is 1. The van der Waals surface area contributed by atoms with Gasteiger partial charge in [0.05, 0.1) is 11.3 Å². The minimum Gasteiger partial charge on any atom is -0.354 e. The highest BCUT2D eigenvalue weighted by molar-refractivity contribution is 5.98. The zero-order valence-corrected chi connectivity index (χ0v) is 14.6. The molecule has 3 heterocycles. The number of nitrogens with one attached hydrogen (secondary N) is 1. The van der Waals surface area contributed by atoms with Gasteiger partial charge in [0, 0.05) is 35.5 Å². The molecular weight excluding hydrogens is 352 g/mol. The number of rotatable bonds is 4. The highest BCUT2D eigenvalue weighted by Crippen LogP contribution is 2.35. The summed E-state index contributed by atoms with van der Waals surface area (Å²) < 4.78 is 32.6. The molecule has 6 nitrogen and oxygen atoms in total. The van der Waals surface area contributed by atoms with E-state index >= 15 is 0 Å². The Balaban J connectivity index is 1.92. The van der Waals surface area contributed by atoms with Crippen LogP contribution in [0.5, 0.6) is 0 Å². The van der Waals surface area contributed by atoms with Crippen LogP contribution in [0.1, 0.15) is 18.4 Å². The summed E-state index contributed by atoms with van der Waals surface area (Å²) >= 11 is 0. The Morgan fingerprint density at radius 1 is 1.07 bits per heavy atom. The molecule has 0 saturated heterocycles. The van der Waals surface area contributed by atoms with E-state index < -0.39 is 11.6 Å². The van der Waals surface area contributed by atoms with Gasteiger partial charge in [-0.2, -0.15) is 4.98 Å². The lowest BCUT2D eigenvalue weighted by Crippen LogP contribution is -1.99. The molecule has 27 heavy (non-hydrogen) atoms. The van der Waals surface area contributed by atoms with Crippen LogP contribution < -0.4 is 5.32 Å². The van der Waals surface area contributed by atoms with E-state index in [0.717, 1.165) is 11.8 Å². The van der Waals surface area contributed by atoms with Gasteiger partial charge < -0.3 is 9.84 Å². The Labute approximate surface area is 153 Å². The van der Waals surface area contributed by atoms with E-state index in [0.29, 0.717) is 34.5 Å². The molecule has 0 radical (unpaired) electrons. The third-order valence-corrected chi connectivity index (χ3v) is 4.02. The maximum atomic E-state index is 13.6. The lowest BCUT2D eigenvalue weighted by atomic mass is 10.1. The van der Waals surface area contributed by atoms with Crippen molar-refractivity contribution in [3.05, 3.63) is 59.7 Å². The number of aryl methyl sites for hydroxylation is 2.